The van der Waals surface area contributed by atoms with Gasteiger partial charge in [-0.3, -0.25) is 0 Å². The van der Waals surface area contributed by atoms with Crippen LogP contribution >= 0.6 is 0 Å². The summed E-state index contributed by atoms with van der Waals surface area (Å²) in [6.45, 7) is 3.99. The minimum atomic E-state index is -0.405. The highest BCUT2D eigenvalue weighted by atomic mass is 16.7. The van der Waals surface area contributed by atoms with Crippen LogP contribution in [0.25, 0.3) is 0 Å². The van der Waals surface area contributed by atoms with Gasteiger partial charge in [-0.25, -0.2) is 0 Å². The molecule has 1 aliphatic carbocycles. The lowest BCUT2D eigenvalue weighted by Gasteiger charge is -2.24. The SMILES string of the molecule is CC1(C)O[C@H]2Cc3ccccc3C[C@H]2O1. The van der Waals surface area contributed by atoms with Crippen molar-refractivity contribution in [2.24, 2.45) is 0 Å². The summed E-state index contributed by atoms with van der Waals surface area (Å²) < 4.78 is 11.8. The third kappa shape index (κ3) is 1.58. The number of hydrogen-bond donors (Lipinski definition) is 0. The zero-order valence-electron chi connectivity index (χ0n) is 9.19. The summed E-state index contributed by atoms with van der Waals surface area (Å²) in [4.78, 5) is 0. The topological polar surface area (TPSA) is 18.5 Å². The highest BCUT2D eigenvalue weighted by Gasteiger charge is 2.43. The number of hydrogen-bond acceptors (Lipinski definition) is 2. The van der Waals surface area contributed by atoms with Crippen molar-refractivity contribution in [2.45, 2.75) is 44.7 Å². The second kappa shape index (κ2) is 3.06. The third-order valence-electron chi connectivity index (χ3n) is 3.25. The highest BCUT2D eigenvalue weighted by Crippen LogP contribution is 2.35. The maximum atomic E-state index is 5.89. The molecular weight excluding hydrogens is 188 g/mol. The van der Waals surface area contributed by atoms with Crippen molar-refractivity contribution in [1.29, 1.82) is 0 Å². The molecule has 2 aliphatic rings. The van der Waals surface area contributed by atoms with Crippen LogP contribution in [0.5, 0.6) is 0 Å². The standard InChI is InChI=1S/C13H16O2/c1-13(2)14-11-7-9-5-3-4-6-10(9)8-12(11)15-13/h3-6,11-12H,7-8H2,1-2H3/t11-,12+. The highest BCUT2D eigenvalue weighted by molar-refractivity contribution is 5.31. The number of rotatable bonds is 0. The number of fused-ring (bicyclic) bond motifs is 2. The fraction of sp³-hybridized carbons (Fsp3) is 0.538. The van der Waals surface area contributed by atoms with Crippen molar-refractivity contribution in [3.05, 3.63) is 35.4 Å². The molecule has 0 bridgehead atoms. The van der Waals surface area contributed by atoms with E-state index in [0.717, 1.165) is 12.8 Å². The van der Waals surface area contributed by atoms with Crippen LogP contribution in [0.2, 0.25) is 0 Å². The Morgan fingerprint density at radius 2 is 1.47 bits per heavy atom. The Morgan fingerprint density at radius 1 is 1.00 bits per heavy atom. The van der Waals surface area contributed by atoms with Gasteiger partial charge in [0.1, 0.15) is 0 Å². The molecule has 1 aromatic rings. The molecule has 1 aliphatic heterocycles. The van der Waals surface area contributed by atoms with Crippen molar-refractivity contribution in [2.75, 3.05) is 0 Å². The van der Waals surface area contributed by atoms with Crippen LogP contribution in [-0.4, -0.2) is 18.0 Å². The maximum absolute atomic E-state index is 5.89. The van der Waals surface area contributed by atoms with Gasteiger partial charge in [0.25, 0.3) is 0 Å². The van der Waals surface area contributed by atoms with Crippen molar-refractivity contribution in [3.63, 3.8) is 0 Å². The van der Waals surface area contributed by atoms with Gasteiger partial charge in [-0.2, -0.15) is 0 Å². The van der Waals surface area contributed by atoms with E-state index in [1.807, 2.05) is 13.8 Å². The van der Waals surface area contributed by atoms with Crippen LogP contribution in [0.15, 0.2) is 24.3 Å². The van der Waals surface area contributed by atoms with E-state index in [1.54, 1.807) is 0 Å². The van der Waals surface area contributed by atoms with E-state index in [4.69, 9.17) is 9.47 Å². The molecule has 0 aromatic heterocycles. The molecule has 2 nitrogen and oxygen atoms in total. The Balaban J connectivity index is 1.90. The van der Waals surface area contributed by atoms with Crippen molar-refractivity contribution in [3.8, 4) is 0 Å². The van der Waals surface area contributed by atoms with E-state index in [2.05, 4.69) is 24.3 Å². The average Bonchev–Trinajstić information content (AvgIpc) is 2.46. The van der Waals surface area contributed by atoms with Crippen LogP contribution < -0.4 is 0 Å². The molecule has 1 saturated heterocycles. The van der Waals surface area contributed by atoms with Gasteiger partial charge in [0.2, 0.25) is 0 Å². The molecule has 15 heavy (non-hydrogen) atoms. The lowest BCUT2D eigenvalue weighted by atomic mass is 9.88. The zero-order chi connectivity index (χ0) is 10.5. The first-order valence-electron chi connectivity index (χ1n) is 5.56. The Morgan fingerprint density at radius 3 is 1.93 bits per heavy atom. The lowest BCUT2D eigenvalue weighted by Crippen LogP contribution is -2.31. The van der Waals surface area contributed by atoms with Gasteiger partial charge in [-0.1, -0.05) is 24.3 Å². The van der Waals surface area contributed by atoms with Crippen LogP contribution in [0.4, 0.5) is 0 Å². The van der Waals surface area contributed by atoms with Crippen molar-refractivity contribution in [1.82, 2.24) is 0 Å². The van der Waals surface area contributed by atoms with Crippen LogP contribution in [0.3, 0.4) is 0 Å². The van der Waals surface area contributed by atoms with Gasteiger partial charge in [0, 0.05) is 12.8 Å². The Kier molecular flexibility index (Phi) is 1.91. The molecule has 3 rings (SSSR count). The molecule has 1 heterocycles. The summed E-state index contributed by atoms with van der Waals surface area (Å²) in [5.41, 5.74) is 2.83. The summed E-state index contributed by atoms with van der Waals surface area (Å²) in [5.74, 6) is -0.405. The van der Waals surface area contributed by atoms with Crippen molar-refractivity contribution < 1.29 is 9.47 Å². The second-order valence-electron chi connectivity index (χ2n) is 4.89. The first-order chi connectivity index (χ1) is 7.14. The van der Waals surface area contributed by atoms with E-state index >= 15 is 0 Å². The molecule has 0 spiro atoms. The predicted octanol–water partition coefficient (Wildman–Crippen LogP) is 2.31. The van der Waals surface area contributed by atoms with Crippen molar-refractivity contribution >= 4 is 0 Å². The first-order valence-corrected chi connectivity index (χ1v) is 5.56. The Hall–Kier alpha value is -0.860. The normalized spacial score (nSPS) is 32.1. The summed E-state index contributed by atoms with van der Waals surface area (Å²) in [6.07, 6.45) is 2.47. The number of ether oxygens (including phenoxy) is 2. The maximum Gasteiger partial charge on any atom is 0.163 e. The first kappa shape index (κ1) is 9.37. The van der Waals surface area contributed by atoms with Gasteiger partial charge in [0.15, 0.2) is 5.79 Å². The molecule has 2 atom stereocenters. The quantitative estimate of drug-likeness (QED) is 0.645. The fourth-order valence-corrected chi connectivity index (χ4v) is 2.64. The average molecular weight is 204 g/mol. The van der Waals surface area contributed by atoms with E-state index in [9.17, 15) is 0 Å². The van der Waals surface area contributed by atoms with E-state index in [1.165, 1.54) is 11.1 Å². The minimum Gasteiger partial charge on any atom is -0.344 e. The smallest absolute Gasteiger partial charge is 0.163 e. The number of benzene rings is 1. The second-order valence-corrected chi connectivity index (χ2v) is 4.89. The van der Waals surface area contributed by atoms with Gasteiger partial charge in [-0.15, -0.1) is 0 Å². The molecule has 1 aromatic carbocycles. The zero-order valence-corrected chi connectivity index (χ0v) is 9.19. The summed E-state index contributed by atoms with van der Waals surface area (Å²) in [7, 11) is 0. The molecule has 1 fully saturated rings. The predicted molar refractivity (Wildman–Crippen MR) is 57.7 cm³/mol. The minimum absolute atomic E-state index is 0.245. The summed E-state index contributed by atoms with van der Waals surface area (Å²) in [6, 6.07) is 8.58. The van der Waals surface area contributed by atoms with Crippen LogP contribution in [-0.2, 0) is 22.3 Å². The van der Waals surface area contributed by atoms with E-state index in [-0.39, 0.29) is 12.2 Å². The molecular formula is C13H16O2. The summed E-state index contributed by atoms with van der Waals surface area (Å²) in [5, 5.41) is 0. The molecule has 0 N–H and O–H groups in total. The molecule has 0 unspecified atom stereocenters. The fourth-order valence-electron chi connectivity index (χ4n) is 2.64. The molecule has 0 saturated carbocycles. The third-order valence-corrected chi connectivity index (χ3v) is 3.25. The Labute approximate surface area is 90.2 Å². The van der Waals surface area contributed by atoms with Gasteiger partial charge < -0.3 is 9.47 Å². The largest absolute Gasteiger partial charge is 0.344 e. The molecule has 0 radical (unpaired) electrons. The van der Waals surface area contributed by atoms with E-state index < -0.39 is 5.79 Å². The van der Waals surface area contributed by atoms with Crippen LogP contribution in [0, 0.1) is 0 Å². The van der Waals surface area contributed by atoms with Gasteiger partial charge in [0.05, 0.1) is 12.2 Å². The monoisotopic (exact) mass is 204 g/mol. The Bertz CT molecular complexity index is 349. The van der Waals surface area contributed by atoms with E-state index in [0.29, 0.717) is 0 Å². The molecule has 0 amide bonds. The van der Waals surface area contributed by atoms with Gasteiger partial charge in [-0.05, 0) is 25.0 Å². The lowest BCUT2D eigenvalue weighted by molar-refractivity contribution is -0.145. The van der Waals surface area contributed by atoms with Gasteiger partial charge >= 0.3 is 0 Å². The van der Waals surface area contributed by atoms with Crippen LogP contribution in [0.1, 0.15) is 25.0 Å². The summed E-state index contributed by atoms with van der Waals surface area (Å²) >= 11 is 0. The molecule has 2 heteroatoms. The molecule has 80 valence electrons.